The lowest BCUT2D eigenvalue weighted by molar-refractivity contribution is -0.154. The van der Waals surface area contributed by atoms with Gasteiger partial charge in [0.1, 0.15) is 21.4 Å². The average Bonchev–Trinajstić information content (AvgIpc) is 3.86. The minimum Gasteiger partial charge on any atom is -0.465 e. The first-order valence-electron chi connectivity index (χ1n) is 18.5. The van der Waals surface area contributed by atoms with Crippen LogP contribution in [0.25, 0.3) is 21.5 Å². The summed E-state index contributed by atoms with van der Waals surface area (Å²) in [6.07, 6.45) is 7.55. The molecule has 2 aromatic carbocycles. The van der Waals surface area contributed by atoms with E-state index in [1.54, 1.807) is 26.0 Å². The number of ether oxygens (including phenoxy) is 2. The Labute approximate surface area is 353 Å². The SMILES string of the molecule is CCOC(=O)C1(N(CCN(C)C)S(=O)(=O)c2ccc3c(Cl)cnc(Cl)c3c2)CCCC1.CCOC(=O)C1(NS(=O)(=O)c2ccc3c(Cl)cnc(Cl)c3c2)CCCC1. The van der Waals surface area contributed by atoms with Crippen molar-refractivity contribution in [3.05, 3.63) is 69.1 Å². The summed E-state index contributed by atoms with van der Waals surface area (Å²) in [5.74, 6) is -1.03. The summed E-state index contributed by atoms with van der Waals surface area (Å²) in [6, 6.07) is 9.01. The number of carbonyl (C=O) groups is 2. The predicted octanol–water partition coefficient (Wildman–Crippen LogP) is 7.67. The second-order valence-corrected chi connectivity index (χ2v) is 19.2. The quantitative estimate of drug-likeness (QED) is 0.103. The molecule has 2 saturated carbocycles. The number of nitrogens with one attached hydrogen (secondary N) is 1. The third kappa shape index (κ3) is 9.63. The van der Waals surface area contributed by atoms with Gasteiger partial charge in [0.2, 0.25) is 20.0 Å². The number of hydrogen-bond donors (Lipinski definition) is 1. The van der Waals surface area contributed by atoms with Gasteiger partial charge in [0, 0.05) is 47.0 Å². The zero-order valence-corrected chi connectivity index (χ0v) is 36.6. The summed E-state index contributed by atoms with van der Waals surface area (Å²) >= 11 is 24.6. The maximum absolute atomic E-state index is 13.9. The third-order valence-electron chi connectivity index (χ3n) is 10.2. The maximum atomic E-state index is 13.9. The number of carbonyl (C=O) groups excluding carboxylic acids is 2. The van der Waals surface area contributed by atoms with E-state index in [1.165, 1.54) is 41.0 Å². The Balaban J connectivity index is 0.000000221. The van der Waals surface area contributed by atoms with Crippen LogP contribution >= 0.6 is 46.4 Å². The zero-order valence-electron chi connectivity index (χ0n) is 32.0. The highest BCUT2D eigenvalue weighted by atomic mass is 35.5. The van der Waals surface area contributed by atoms with Gasteiger partial charge in [-0.15, -0.1) is 0 Å². The Bertz CT molecular complexity index is 2350. The van der Waals surface area contributed by atoms with Crippen molar-refractivity contribution >= 4 is 99.9 Å². The molecule has 0 aliphatic heterocycles. The van der Waals surface area contributed by atoms with E-state index in [2.05, 4.69) is 14.7 Å². The number of fused-ring (bicyclic) bond motifs is 2. The molecule has 2 aromatic heterocycles. The molecule has 4 aromatic rings. The minimum absolute atomic E-state index is 0.00783. The molecule has 57 heavy (non-hydrogen) atoms. The first-order chi connectivity index (χ1) is 26.9. The van der Waals surface area contributed by atoms with Gasteiger partial charge < -0.3 is 14.4 Å². The van der Waals surface area contributed by atoms with E-state index in [4.69, 9.17) is 55.9 Å². The summed E-state index contributed by atoms with van der Waals surface area (Å²) in [4.78, 5) is 35.3. The summed E-state index contributed by atoms with van der Waals surface area (Å²) in [7, 11) is -4.29. The number of benzene rings is 2. The van der Waals surface area contributed by atoms with E-state index < -0.39 is 43.1 Å². The van der Waals surface area contributed by atoms with Crippen LogP contribution in [0, 0.1) is 0 Å². The van der Waals surface area contributed by atoms with Crippen molar-refractivity contribution in [1.82, 2.24) is 23.9 Å². The molecule has 0 bridgehead atoms. The molecule has 2 heterocycles. The van der Waals surface area contributed by atoms with Gasteiger partial charge in [0.15, 0.2) is 0 Å². The highest BCUT2D eigenvalue weighted by Gasteiger charge is 2.52. The fraction of sp³-hybridized carbons (Fsp3) is 0.474. The van der Waals surface area contributed by atoms with Gasteiger partial charge in [-0.1, -0.05) is 84.2 Å². The van der Waals surface area contributed by atoms with Crippen LogP contribution in [0.2, 0.25) is 20.4 Å². The van der Waals surface area contributed by atoms with E-state index in [-0.39, 0.29) is 39.9 Å². The Morgan fingerprint density at radius 1 is 0.702 bits per heavy atom. The topological polar surface area (TPSA) is 165 Å². The van der Waals surface area contributed by atoms with Crippen molar-refractivity contribution < 1.29 is 35.9 Å². The van der Waals surface area contributed by atoms with Crippen LogP contribution in [0.4, 0.5) is 0 Å². The van der Waals surface area contributed by atoms with E-state index in [0.717, 1.165) is 25.7 Å². The van der Waals surface area contributed by atoms with E-state index in [0.29, 0.717) is 63.8 Å². The summed E-state index contributed by atoms with van der Waals surface area (Å²) in [5.41, 5.74) is -2.43. The number of rotatable bonds is 13. The van der Waals surface area contributed by atoms with Gasteiger partial charge in [0.05, 0.1) is 33.0 Å². The molecule has 0 radical (unpaired) electrons. The van der Waals surface area contributed by atoms with Gasteiger partial charge >= 0.3 is 11.9 Å². The van der Waals surface area contributed by atoms with E-state index in [9.17, 15) is 26.4 Å². The average molecular weight is 906 g/mol. The molecule has 0 atom stereocenters. The molecule has 2 aliphatic carbocycles. The van der Waals surface area contributed by atoms with Gasteiger partial charge in [-0.25, -0.2) is 26.8 Å². The van der Waals surface area contributed by atoms with Crippen molar-refractivity contribution in [2.24, 2.45) is 0 Å². The number of pyridine rings is 2. The minimum atomic E-state index is -4.05. The Morgan fingerprint density at radius 3 is 1.68 bits per heavy atom. The number of aromatic nitrogens is 2. The zero-order chi connectivity index (χ0) is 41.8. The predicted molar refractivity (Wildman–Crippen MR) is 222 cm³/mol. The van der Waals surface area contributed by atoms with Gasteiger partial charge in [-0.2, -0.15) is 9.03 Å². The molecule has 0 spiro atoms. The highest BCUT2D eigenvalue weighted by Crippen LogP contribution is 2.41. The van der Waals surface area contributed by atoms with Crippen molar-refractivity contribution in [3.8, 4) is 0 Å². The molecule has 1 N–H and O–H groups in total. The molecule has 310 valence electrons. The lowest BCUT2D eigenvalue weighted by atomic mass is 9.97. The van der Waals surface area contributed by atoms with Gasteiger partial charge in [-0.3, -0.25) is 9.59 Å². The number of likely N-dealkylation sites (N-methyl/N-ethyl adjacent to an activating group) is 1. The maximum Gasteiger partial charge on any atom is 0.327 e. The van der Waals surface area contributed by atoms with Crippen molar-refractivity contribution in [2.75, 3.05) is 40.4 Å². The lowest BCUT2D eigenvalue weighted by Gasteiger charge is -2.38. The monoisotopic (exact) mass is 903 g/mol. The molecule has 6 rings (SSSR count). The molecule has 0 saturated heterocycles. The molecular weight excluding hydrogens is 860 g/mol. The summed E-state index contributed by atoms with van der Waals surface area (Å²) < 4.78 is 68.0. The molecule has 2 aliphatic rings. The number of halogens is 4. The van der Waals surface area contributed by atoms with E-state index >= 15 is 0 Å². The second kappa shape index (κ2) is 18.6. The smallest absolute Gasteiger partial charge is 0.327 e. The fourth-order valence-electron chi connectivity index (χ4n) is 7.31. The fourth-order valence-corrected chi connectivity index (χ4v) is 11.4. The second-order valence-electron chi connectivity index (χ2n) is 14.2. The van der Waals surface area contributed by atoms with Crippen LogP contribution in [0.5, 0.6) is 0 Å². The van der Waals surface area contributed by atoms with Crippen molar-refractivity contribution in [3.63, 3.8) is 0 Å². The van der Waals surface area contributed by atoms with Gasteiger partial charge in [-0.05, 0) is 77.9 Å². The Kier molecular flexibility index (Phi) is 14.8. The summed E-state index contributed by atoms with van der Waals surface area (Å²) in [5, 5.41) is 3.16. The van der Waals surface area contributed by atoms with Crippen LogP contribution in [0.15, 0.2) is 58.6 Å². The van der Waals surface area contributed by atoms with Crippen molar-refractivity contribution in [2.45, 2.75) is 86.1 Å². The normalized spacial score (nSPS) is 16.5. The molecule has 0 unspecified atom stereocenters. The molecule has 2 fully saturated rings. The number of hydrogen-bond acceptors (Lipinski definition) is 11. The van der Waals surface area contributed by atoms with Crippen LogP contribution in [0.1, 0.15) is 65.2 Å². The van der Waals surface area contributed by atoms with Crippen LogP contribution in [-0.2, 0) is 39.1 Å². The number of nitrogens with zero attached hydrogens (tertiary/aromatic N) is 4. The van der Waals surface area contributed by atoms with Crippen LogP contribution in [0.3, 0.4) is 0 Å². The number of esters is 2. The van der Waals surface area contributed by atoms with Crippen LogP contribution < -0.4 is 4.72 Å². The number of sulfonamides is 2. The molecule has 19 heteroatoms. The molecule has 0 amide bonds. The lowest BCUT2D eigenvalue weighted by Crippen LogP contribution is -2.57. The highest BCUT2D eigenvalue weighted by molar-refractivity contribution is 7.89. The Hall–Kier alpha value is -2.86. The first-order valence-corrected chi connectivity index (χ1v) is 22.9. The van der Waals surface area contributed by atoms with Crippen LogP contribution in [-0.4, -0.2) is 99.4 Å². The van der Waals surface area contributed by atoms with Gasteiger partial charge in [0.25, 0.3) is 0 Å². The molecular formula is C38H45Cl4N5O8S2. The third-order valence-corrected chi connectivity index (χ3v) is 14.9. The largest absolute Gasteiger partial charge is 0.465 e. The Morgan fingerprint density at radius 2 is 1.18 bits per heavy atom. The van der Waals surface area contributed by atoms with E-state index in [1.807, 2.05) is 19.0 Å². The first kappa shape index (κ1) is 45.2. The standard InChI is InChI=1S/C21H27Cl2N3O4S.C17H18Cl2N2O4S/c1-4-30-20(27)21(9-5-6-10-21)26(12-11-25(2)3)31(28,29)15-7-8-16-17(13-15)19(23)24-14-18(16)22;1-2-25-16(22)17(7-3-4-8-17)21-26(23,24)11-5-6-12-13(9-11)15(19)20-10-14(12)18/h7-8,13-14H,4-6,9-12H2,1-3H3;5-6,9-10,21H,2-4,7-8H2,1H3. The molecule has 13 nitrogen and oxygen atoms in total. The van der Waals surface area contributed by atoms with Crippen molar-refractivity contribution in [1.29, 1.82) is 0 Å². The summed E-state index contributed by atoms with van der Waals surface area (Å²) in [6.45, 7) is 4.42.